The van der Waals surface area contributed by atoms with E-state index >= 15 is 0 Å². The molecule has 0 heterocycles. The van der Waals surface area contributed by atoms with Gasteiger partial charge in [0.15, 0.2) is 0 Å². The average molecular weight is 374 g/mol. The summed E-state index contributed by atoms with van der Waals surface area (Å²) in [6.07, 6.45) is 5.57. The highest BCUT2D eigenvalue weighted by molar-refractivity contribution is 5.97. The first-order valence-corrected chi connectivity index (χ1v) is 10.1. The van der Waals surface area contributed by atoms with Crippen LogP contribution in [0.3, 0.4) is 0 Å². The highest BCUT2D eigenvalue weighted by atomic mass is 16.2. The maximum absolute atomic E-state index is 13.3. The van der Waals surface area contributed by atoms with E-state index in [4.69, 9.17) is 0 Å². The highest BCUT2D eigenvalue weighted by Crippen LogP contribution is 2.29. The minimum atomic E-state index is -0.183. The Morgan fingerprint density at radius 1 is 1.11 bits per heavy atom. The summed E-state index contributed by atoms with van der Waals surface area (Å²) in [5.41, 5.74) is 3.69. The van der Waals surface area contributed by atoms with Gasteiger partial charge in [-0.05, 0) is 30.4 Å². The Labute approximate surface area is 164 Å². The number of hydrazine groups is 1. The molecule has 1 N–H and O–H groups in total. The van der Waals surface area contributed by atoms with E-state index in [1.165, 1.54) is 11.4 Å². The van der Waals surface area contributed by atoms with Crippen LogP contribution in [0, 0.1) is 11.3 Å². The van der Waals surface area contributed by atoms with Crippen molar-refractivity contribution in [1.29, 1.82) is 0 Å². The van der Waals surface area contributed by atoms with Crippen LogP contribution in [0.2, 0.25) is 0 Å². The van der Waals surface area contributed by atoms with Crippen molar-refractivity contribution < 1.29 is 9.59 Å². The van der Waals surface area contributed by atoms with Crippen molar-refractivity contribution >= 4 is 17.5 Å². The van der Waals surface area contributed by atoms with Crippen molar-refractivity contribution in [3.63, 3.8) is 0 Å². The molecule has 1 aromatic rings. The average Bonchev–Trinajstić information content (AvgIpc) is 2.66. The molecule has 5 nitrogen and oxygen atoms in total. The first kappa shape index (κ1) is 21.4. The van der Waals surface area contributed by atoms with Gasteiger partial charge in [0, 0.05) is 24.7 Å². The van der Waals surface area contributed by atoms with Crippen molar-refractivity contribution in [1.82, 2.24) is 10.4 Å². The number of benzene rings is 1. The molecule has 0 aliphatic heterocycles. The minimum Gasteiger partial charge on any atom is -0.308 e. The number of rotatable bonds is 6. The normalized spacial score (nSPS) is 16.6. The molecule has 2 amide bonds. The maximum atomic E-state index is 13.3. The molecule has 1 saturated carbocycles. The molecule has 2 rings (SSSR count). The van der Waals surface area contributed by atoms with Gasteiger partial charge in [-0.25, -0.2) is 5.43 Å². The van der Waals surface area contributed by atoms with Gasteiger partial charge in [-0.1, -0.05) is 65.2 Å². The third-order valence-corrected chi connectivity index (χ3v) is 5.74. The van der Waals surface area contributed by atoms with E-state index in [2.05, 4.69) is 5.43 Å². The Bertz CT molecular complexity index is 618. The minimum absolute atomic E-state index is 0.0306. The van der Waals surface area contributed by atoms with Gasteiger partial charge >= 0.3 is 0 Å². The molecular formula is C22H35N3O2. The van der Waals surface area contributed by atoms with E-state index in [1.54, 1.807) is 7.05 Å². The van der Waals surface area contributed by atoms with E-state index in [9.17, 15) is 9.59 Å². The fourth-order valence-electron chi connectivity index (χ4n) is 3.57. The number of anilines is 1. The molecule has 5 heteroatoms. The Kier molecular flexibility index (Phi) is 7.42. The third-order valence-electron chi connectivity index (χ3n) is 5.74. The maximum Gasteiger partial charge on any atom is 0.248 e. The monoisotopic (exact) mass is 373 g/mol. The molecule has 27 heavy (non-hydrogen) atoms. The number of carbonyl (C=O) groups excluding carboxylic acids is 2. The molecule has 1 atom stereocenters. The van der Waals surface area contributed by atoms with Crippen LogP contribution in [-0.2, 0) is 9.59 Å². The number of carbonyl (C=O) groups is 2. The van der Waals surface area contributed by atoms with Crippen LogP contribution in [0.25, 0.3) is 0 Å². The zero-order chi connectivity index (χ0) is 20.0. The van der Waals surface area contributed by atoms with Crippen LogP contribution in [0.4, 0.5) is 5.69 Å². The van der Waals surface area contributed by atoms with Crippen LogP contribution in [0.1, 0.15) is 59.8 Å². The third kappa shape index (κ3) is 5.55. The molecule has 0 bridgehead atoms. The van der Waals surface area contributed by atoms with Crippen molar-refractivity contribution in [2.45, 2.75) is 65.8 Å². The summed E-state index contributed by atoms with van der Waals surface area (Å²) < 4.78 is 0. The molecule has 1 fully saturated rings. The molecule has 1 unspecified atom stereocenters. The van der Waals surface area contributed by atoms with Gasteiger partial charge in [0.05, 0.1) is 0 Å². The molecule has 1 aromatic carbocycles. The summed E-state index contributed by atoms with van der Waals surface area (Å²) in [5, 5.41) is 1.47. The Morgan fingerprint density at radius 3 is 2.22 bits per heavy atom. The Balaban J connectivity index is 2.20. The number of nitrogens with one attached hydrogen (secondary N) is 1. The molecule has 150 valence electrons. The number of para-hydroxylation sites is 1. The second-order valence-electron chi connectivity index (χ2n) is 8.63. The number of amides is 2. The first-order valence-electron chi connectivity index (χ1n) is 10.1. The zero-order valence-electron chi connectivity index (χ0n) is 17.5. The van der Waals surface area contributed by atoms with E-state index in [0.29, 0.717) is 0 Å². The standard InChI is InChI=1S/C22H35N3O2/c1-17(22(2,3)4)21(27)24(23-5)16-20(26)25(18-12-8-6-9-13-18)19-14-10-7-11-15-19/h6,8-9,12-13,17,19,23H,7,10-11,14-16H2,1-5H3. The lowest BCUT2D eigenvalue weighted by Crippen LogP contribution is -2.53. The molecule has 0 radical (unpaired) electrons. The van der Waals surface area contributed by atoms with E-state index in [-0.39, 0.29) is 35.7 Å². The molecule has 1 aliphatic rings. The highest BCUT2D eigenvalue weighted by Gasteiger charge is 2.33. The van der Waals surface area contributed by atoms with Crippen LogP contribution in [0.5, 0.6) is 0 Å². The number of hydrogen-bond acceptors (Lipinski definition) is 3. The van der Waals surface area contributed by atoms with Crippen molar-refractivity contribution in [3.8, 4) is 0 Å². The van der Waals surface area contributed by atoms with Gasteiger partial charge in [0.2, 0.25) is 11.8 Å². The molecule has 0 spiro atoms. The van der Waals surface area contributed by atoms with Crippen molar-refractivity contribution in [2.75, 3.05) is 18.5 Å². The van der Waals surface area contributed by atoms with Crippen LogP contribution < -0.4 is 10.3 Å². The summed E-state index contributed by atoms with van der Waals surface area (Å²) in [6, 6.07) is 10.1. The summed E-state index contributed by atoms with van der Waals surface area (Å²) >= 11 is 0. The fourth-order valence-corrected chi connectivity index (χ4v) is 3.57. The van der Waals surface area contributed by atoms with E-state index in [0.717, 1.165) is 31.4 Å². The van der Waals surface area contributed by atoms with Gasteiger partial charge in [-0.3, -0.25) is 14.6 Å². The second kappa shape index (κ2) is 9.36. The zero-order valence-corrected chi connectivity index (χ0v) is 17.5. The summed E-state index contributed by atoms with van der Waals surface area (Å²) in [4.78, 5) is 28.1. The molecule has 0 saturated heterocycles. The largest absolute Gasteiger partial charge is 0.308 e. The number of nitrogens with zero attached hydrogens (tertiary/aromatic N) is 2. The summed E-state index contributed by atoms with van der Waals surface area (Å²) in [6.45, 7) is 8.10. The van der Waals surface area contributed by atoms with Gasteiger partial charge < -0.3 is 4.90 Å². The van der Waals surface area contributed by atoms with Gasteiger partial charge in [0.1, 0.15) is 6.54 Å². The Morgan fingerprint density at radius 2 is 1.70 bits per heavy atom. The van der Waals surface area contributed by atoms with Gasteiger partial charge in [-0.15, -0.1) is 0 Å². The quantitative estimate of drug-likeness (QED) is 0.767. The summed E-state index contributed by atoms with van der Waals surface area (Å²) in [7, 11) is 1.70. The van der Waals surface area contributed by atoms with E-state index < -0.39 is 0 Å². The predicted molar refractivity (Wildman–Crippen MR) is 110 cm³/mol. The first-order chi connectivity index (χ1) is 12.8. The van der Waals surface area contributed by atoms with E-state index in [1.807, 2.05) is 62.9 Å². The Hall–Kier alpha value is -1.88. The lowest BCUT2D eigenvalue weighted by molar-refractivity contribution is -0.144. The lowest BCUT2D eigenvalue weighted by Gasteiger charge is -2.37. The van der Waals surface area contributed by atoms with Crippen molar-refractivity contribution in [3.05, 3.63) is 30.3 Å². The lowest BCUT2D eigenvalue weighted by atomic mass is 9.81. The fraction of sp³-hybridized carbons (Fsp3) is 0.636. The van der Waals surface area contributed by atoms with Gasteiger partial charge in [-0.2, -0.15) is 0 Å². The topological polar surface area (TPSA) is 52.7 Å². The second-order valence-corrected chi connectivity index (χ2v) is 8.63. The van der Waals surface area contributed by atoms with Crippen molar-refractivity contribution in [2.24, 2.45) is 11.3 Å². The number of hydrogen-bond donors (Lipinski definition) is 1. The van der Waals surface area contributed by atoms with Crippen LogP contribution >= 0.6 is 0 Å². The smallest absolute Gasteiger partial charge is 0.248 e. The molecule has 0 aromatic heterocycles. The predicted octanol–water partition coefficient (Wildman–Crippen LogP) is 4.00. The molecular weight excluding hydrogens is 338 g/mol. The van der Waals surface area contributed by atoms with Crippen LogP contribution in [-0.4, -0.2) is 36.5 Å². The van der Waals surface area contributed by atoms with Gasteiger partial charge in [0.25, 0.3) is 0 Å². The molecule has 1 aliphatic carbocycles. The summed E-state index contributed by atoms with van der Waals surface area (Å²) in [5.74, 6) is -0.260. The van der Waals surface area contributed by atoms with Crippen LogP contribution in [0.15, 0.2) is 30.3 Å². The SMILES string of the molecule is CNN(CC(=O)N(c1ccccc1)C1CCCCC1)C(=O)C(C)C(C)(C)C.